The van der Waals surface area contributed by atoms with Gasteiger partial charge in [0.1, 0.15) is 23.0 Å². The van der Waals surface area contributed by atoms with E-state index in [1.165, 1.54) is 32.4 Å². The molecule has 0 saturated heterocycles. The van der Waals surface area contributed by atoms with Gasteiger partial charge in [0, 0.05) is 41.0 Å². The molecule has 38 heavy (non-hydrogen) atoms. The van der Waals surface area contributed by atoms with Crippen LogP contribution >= 0.6 is 0 Å². The summed E-state index contributed by atoms with van der Waals surface area (Å²) in [5.41, 5.74) is 4.58. The summed E-state index contributed by atoms with van der Waals surface area (Å²) in [4.78, 5) is 0. The fourth-order valence-electron chi connectivity index (χ4n) is 6.35. The predicted octanol–water partition coefficient (Wildman–Crippen LogP) is 4.90. The Morgan fingerprint density at radius 2 is 1.24 bits per heavy atom. The topological polar surface area (TPSA) is 140 Å². The van der Waals surface area contributed by atoms with E-state index in [9.17, 15) is 30.6 Å². The lowest BCUT2D eigenvalue weighted by Crippen LogP contribution is -2.18. The Morgan fingerprint density at radius 3 is 1.95 bits per heavy atom. The standard InChI is InChI=1S/C30H26O8/c1-37-25-7-13(3-4-21(25)33)27-19-11-22(34)26(38-2)12-17(19)18-6-14-5-15(31)9-23(35)28(14)30(27)20-8-16(32)10-24(36)29(18)20/h3-5,7-12,18,27,30-36H,6H2,1-2H3/t18-,27-,30-/m0/s1. The van der Waals surface area contributed by atoms with Crippen LogP contribution in [0.2, 0.25) is 0 Å². The summed E-state index contributed by atoms with van der Waals surface area (Å²) in [6.07, 6.45) is 0.325. The third-order valence-electron chi connectivity index (χ3n) is 7.81. The number of aromatic hydroxyl groups is 6. The molecule has 0 heterocycles. The molecule has 0 amide bonds. The van der Waals surface area contributed by atoms with Crippen LogP contribution in [0.3, 0.4) is 0 Å². The Hall–Kier alpha value is -4.72. The molecule has 8 heteroatoms. The van der Waals surface area contributed by atoms with Crippen molar-refractivity contribution in [1.29, 1.82) is 0 Å². The second kappa shape index (κ2) is 8.41. The molecule has 2 aliphatic carbocycles. The first-order valence-corrected chi connectivity index (χ1v) is 12.1. The van der Waals surface area contributed by atoms with Gasteiger partial charge in [-0.25, -0.2) is 0 Å². The first-order valence-electron chi connectivity index (χ1n) is 12.1. The molecule has 6 rings (SSSR count). The molecular weight excluding hydrogens is 488 g/mol. The Bertz CT molecular complexity index is 1610. The Morgan fingerprint density at radius 1 is 0.579 bits per heavy atom. The largest absolute Gasteiger partial charge is 0.508 e. The van der Waals surface area contributed by atoms with E-state index >= 15 is 0 Å². The van der Waals surface area contributed by atoms with Crippen LogP contribution in [0.4, 0.5) is 0 Å². The highest BCUT2D eigenvalue weighted by Crippen LogP contribution is 2.60. The Kier molecular flexibility index (Phi) is 5.24. The minimum Gasteiger partial charge on any atom is -0.508 e. The summed E-state index contributed by atoms with van der Waals surface area (Å²) in [5, 5.41) is 64.6. The number of benzene rings is 4. The minimum atomic E-state index is -0.660. The summed E-state index contributed by atoms with van der Waals surface area (Å²) in [6.45, 7) is 0. The number of rotatable bonds is 3. The van der Waals surface area contributed by atoms with Crippen molar-refractivity contribution in [3.05, 3.63) is 93.5 Å². The van der Waals surface area contributed by atoms with Gasteiger partial charge in [0.05, 0.1) is 14.2 Å². The van der Waals surface area contributed by atoms with Crippen LogP contribution in [0, 0.1) is 0 Å². The van der Waals surface area contributed by atoms with Crippen molar-refractivity contribution in [2.45, 2.75) is 24.2 Å². The van der Waals surface area contributed by atoms with Gasteiger partial charge >= 0.3 is 0 Å². The van der Waals surface area contributed by atoms with E-state index in [0.29, 0.717) is 34.2 Å². The minimum absolute atomic E-state index is 0.0481. The second-order valence-corrected chi connectivity index (χ2v) is 9.80. The van der Waals surface area contributed by atoms with Crippen LogP contribution in [-0.4, -0.2) is 44.9 Å². The van der Waals surface area contributed by atoms with Crippen LogP contribution in [-0.2, 0) is 6.42 Å². The van der Waals surface area contributed by atoms with Crippen LogP contribution in [0.15, 0.2) is 54.6 Å². The third kappa shape index (κ3) is 3.37. The zero-order valence-electron chi connectivity index (χ0n) is 20.6. The summed E-state index contributed by atoms with van der Waals surface area (Å²) in [7, 11) is 2.90. The van der Waals surface area contributed by atoms with Gasteiger partial charge in [-0.05, 0) is 70.6 Å². The molecule has 4 aromatic rings. The van der Waals surface area contributed by atoms with E-state index in [1.54, 1.807) is 36.4 Å². The molecular formula is C30H26O8. The molecule has 3 atom stereocenters. The normalized spacial score (nSPS) is 19.1. The number of phenolic OH excluding ortho intramolecular Hbond substituents is 6. The average molecular weight is 515 g/mol. The fraction of sp³-hybridized carbons (Fsp3) is 0.200. The smallest absolute Gasteiger partial charge is 0.160 e. The van der Waals surface area contributed by atoms with Gasteiger partial charge < -0.3 is 40.1 Å². The van der Waals surface area contributed by atoms with E-state index in [1.807, 2.05) is 0 Å². The van der Waals surface area contributed by atoms with E-state index in [4.69, 9.17) is 9.47 Å². The quantitative estimate of drug-likeness (QED) is 0.227. The van der Waals surface area contributed by atoms with Gasteiger partial charge in [0.15, 0.2) is 23.0 Å². The highest BCUT2D eigenvalue weighted by atomic mass is 16.5. The molecule has 0 saturated carbocycles. The van der Waals surface area contributed by atoms with E-state index in [-0.39, 0.29) is 46.0 Å². The molecule has 0 unspecified atom stereocenters. The SMILES string of the molecule is COc1cc([C@H]2c3cc(O)c(OC)cc3[C@@H]3Cc4cc(O)cc(O)c4[C@H]2c2cc(O)cc(O)c23)ccc1O. The van der Waals surface area contributed by atoms with Crippen LogP contribution < -0.4 is 9.47 Å². The van der Waals surface area contributed by atoms with Crippen LogP contribution in [0.1, 0.15) is 56.7 Å². The molecule has 0 radical (unpaired) electrons. The molecule has 0 fully saturated rings. The van der Waals surface area contributed by atoms with Crippen LogP contribution in [0.25, 0.3) is 0 Å². The van der Waals surface area contributed by atoms with Crippen molar-refractivity contribution < 1.29 is 40.1 Å². The number of fused-ring (bicyclic) bond motifs is 4. The first-order chi connectivity index (χ1) is 18.2. The number of ether oxygens (including phenoxy) is 2. The highest BCUT2D eigenvalue weighted by Gasteiger charge is 2.44. The highest BCUT2D eigenvalue weighted by molar-refractivity contribution is 5.68. The summed E-state index contributed by atoms with van der Waals surface area (Å²) in [6, 6.07) is 14.1. The van der Waals surface area contributed by atoms with Crippen molar-refractivity contribution in [3.8, 4) is 46.0 Å². The lowest BCUT2D eigenvalue weighted by atomic mass is 9.71. The van der Waals surface area contributed by atoms with Crippen molar-refractivity contribution in [3.63, 3.8) is 0 Å². The molecule has 2 bridgehead atoms. The monoisotopic (exact) mass is 514 g/mol. The third-order valence-corrected chi connectivity index (χ3v) is 7.81. The zero-order valence-corrected chi connectivity index (χ0v) is 20.6. The van der Waals surface area contributed by atoms with Gasteiger partial charge in [0.2, 0.25) is 0 Å². The Balaban J connectivity index is 1.80. The lowest BCUT2D eigenvalue weighted by Gasteiger charge is -2.32. The second-order valence-electron chi connectivity index (χ2n) is 9.80. The molecule has 194 valence electrons. The molecule has 0 aromatic heterocycles. The number of phenols is 6. The van der Waals surface area contributed by atoms with E-state index in [0.717, 1.165) is 11.1 Å². The molecule has 6 N–H and O–H groups in total. The zero-order chi connectivity index (χ0) is 26.9. The first kappa shape index (κ1) is 23.7. The fourth-order valence-corrected chi connectivity index (χ4v) is 6.35. The van der Waals surface area contributed by atoms with E-state index in [2.05, 4.69) is 0 Å². The predicted molar refractivity (Wildman–Crippen MR) is 138 cm³/mol. The maximum atomic E-state index is 11.2. The lowest BCUT2D eigenvalue weighted by molar-refractivity contribution is 0.371. The number of hydrogen-bond acceptors (Lipinski definition) is 8. The molecule has 4 aromatic carbocycles. The van der Waals surface area contributed by atoms with Gasteiger partial charge in [-0.15, -0.1) is 0 Å². The Labute approximate surface area is 218 Å². The van der Waals surface area contributed by atoms with E-state index < -0.39 is 17.8 Å². The number of hydrogen-bond donors (Lipinski definition) is 6. The summed E-state index contributed by atoms with van der Waals surface area (Å²) >= 11 is 0. The maximum absolute atomic E-state index is 11.2. The van der Waals surface area contributed by atoms with Crippen molar-refractivity contribution in [2.75, 3.05) is 14.2 Å². The summed E-state index contributed by atoms with van der Waals surface area (Å²) < 4.78 is 10.8. The van der Waals surface area contributed by atoms with Crippen molar-refractivity contribution in [2.24, 2.45) is 0 Å². The maximum Gasteiger partial charge on any atom is 0.160 e. The van der Waals surface area contributed by atoms with Gasteiger partial charge in [-0.3, -0.25) is 0 Å². The summed E-state index contributed by atoms with van der Waals surface area (Å²) in [5.74, 6) is -1.79. The molecule has 0 aliphatic heterocycles. The van der Waals surface area contributed by atoms with Gasteiger partial charge in [-0.2, -0.15) is 0 Å². The van der Waals surface area contributed by atoms with Gasteiger partial charge in [-0.1, -0.05) is 6.07 Å². The molecule has 0 spiro atoms. The number of methoxy groups -OCH3 is 2. The van der Waals surface area contributed by atoms with Crippen LogP contribution in [0.5, 0.6) is 46.0 Å². The van der Waals surface area contributed by atoms with Gasteiger partial charge in [0.25, 0.3) is 0 Å². The molecule has 8 nitrogen and oxygen atoms in total. The van der Waals surface area contributed by atoms with Crippen molar-refractivity contribution >= 4 is 0 Å². The van der Waals surface area contributed by atoms with Crippen molar-refractivity contribution in [1.82, 2.24) is 0 Å². The molecule has 2 aliphatic rings. The average Bonchev–Trinajstić information content (AvgIpc) is 3.06.